The number of nitrogens with zero attached hydrogens (tertiary/aromatic N) is 3. The molecule has 3 heterocycles. The van der Waals surface area contributed by atoms with E-state index >= 15 is 0 Å². The number of rotatable bonds is 5. The lowest BCUT2D eigenvalue weighted by Crippen LogP contribution is -2.62. The second kappa shape index (κ2) is 8.35. The molecular formula is C20H29N3O2S. The molecule has 2 fully saturated rings. The summed E-state index contributed by atoms with van der Waals surface area (Å²) in [4.78, 5) is 31.4. The fourth-order valence-corrected chi connectivity index (χ4v) is 4.80. The van der Waals surface area contributed by atoms with Gasteiger partial charge in [0.15, 0.2) is 0 Å². The zero-order chi connectivity index (χ0) is 18.6. The van der Waals surface area contributed by atoms with Gasteiger partial charge in [-0.1, -0.05) is 6.08 Å². The number of carbonyl (C=O) groups is 2. The van der Waals surface area contributed by atoms with Crippen molar-refractivity contribution in [3.05, 3.63) is 35.0 Å². The summed E-state index contributed by atoms with van der Waals surface area (Å²) in [5.74, 6) is 0.443. The Bertz CT molecular complexity index is 645. The third kappa shape index (κ3) is 4.18. The number of carbonyl (C=O) groups excluding carboxylic acids is 2. The highest BCUT2D eigenvalue weighted by Crippen LogP contribution is 2.32. The Morgan fingerprint density at radius 2 is 2.19 bits per heavy atom. The van der Waals surface area contributed by atoms with Gasteiger partial charge in [-0.15, -0.1) is 6.58 Å². The monoisotopic (exact) mass is 375 g/mol. The van der Waals surface area contributed by atoms with Crippen molar-refractivity contribution < 1.29 is 9.59 Å². The molecule has 2 saturated heterocycles. The van der Waals surface area contributed by atoms with Crippen molar-refractivity contribution in [1.82, 2.24) is 14.7 Å². The fraction of sp³-hybridized carbons (Fsp3) is 0.600. The lowest BCUT2D eigenvalue weighted by atomic mass is 9.86. The molecule has 1 spiro atoms. The molecule has 142 valence electrons. The predicted molar refractivity (Wildman–Crippen MR) is 105 cm³/mol. The molecule has 0 aromatic carbocycles. The second-order valence-corrected chi connectivity index (χ2v) is 8.25. The Hall–Kier alpha value is -1.66. The van der Waals surface area contributed by atoms with Crippen LogP contribution in [0.2, 0.25) is 0 Å². The third-order valence-corrected chi connectivity index (χ3v) is 6.65. The molecule has 5 nitrogen and oxygen atoms in total. The van der Waals surface area contributed by atoms with Gasteiger partial charge >= 0.3 is 0 Å². The molecule has 3 rings (SSSR count). The average molecular weight is 376 g/mol. The van der Waals surface area contributed by atoms with Gasteiger partial charge in [-0.05, 0) is 48.7 Å². The summed E-state index contributed by atoms with van der Waals surface area (Å²) in [5.41, 5.74) is 1.16. The van der Waals surface area contributed by atoms with E-state index in [1.165, 1.54) is 5.56 Å². The number of likely N-dealkylation sites (N-methyl/N-ethyl adjacent to an activating group) is 1. The number of aryl methyl sites for hydroxylation is 1. The molecule has 26 heavy (non-hydrogen) atoms. The summed E-state index contributed by atoms with van der Waals surface area (Å²) >= 11 is 1.68. The number of hydrogen-bond acceptors (Lipinski definition) is 4. The van der Waals surface area contributed by atoms with E-state index in [9.17, 15) is 9.59 Å². The Balaban J connectivity index is 1.64. The highest BCUT2D eigenvalue weighted by molar-refractivity contribution is 7.07. The van der Waals surface area contributed by atoms with Gasteiger partial charge in [0.2, 0.25) is 11.8 Å². The summed E-state index contributed by atoms with van der Waals surface area (Å²) in [7, 11) is 2.14. The van der Waals surface area contributed by atoms with Gasteiger partial charge in [-0.25, -0.2) is 0 Å². The van der Waals surface area contributed by atoms with Crippen LogP contribution in [0.5, 0.6) is 0 Å². The van der Waals surface area contributed by atoms with E-state index < -0.39 is 0 Å². The third-order valence-electron chi connectivity index (χ3n) is 5.91. The van der Waals surface area contributed by atoms with Crippen molar-refractivity contribution in [3.63, 3.8) is 0 Å². The molecule has 6 heteroatoms. The topological polar surface area (TPSA) is 43.9 Å². The van der Waals surface area contributed by atoms with Crippen molar-refractivity contribution in [2.24, 2.45) is 0 Å². The molecule has 0 N–H and O–H groups in total. The summed E-state index contributed by atoms with van der Waals surface area (Å²) < 4.78 is 0. The van der Waals surface area contributed by atoms with Gasteiger partial charge in [0.25, 0.3) is 0 Å². The molecule has 0 radical (unpaired) electrons. The first-order valence-corrected chi connectivity index (χ1v) is 10.4. The van der Waals surface area contributed by atoms with Gasteiger partial charge in [0.1, 0.15) is 0 Å². The minimum atomic E-state index is -0.0815. The van der Waals surface area contributed by atoms with Gasteiger partial charge in [0, 0.05) is 51.1 Å². The lowest BCUT2D eigenvalue weighted by Gasteiger charge is -2.49. The van der Waals surface area contributed by atoms with Crippen molar-refractivity contribution in [2.75, 3.05) is 39.8 Å². The number of hydrogen-bond donors (Lipinski definition) is 0. The second-order valence-electron chi connectivity index (χ2n) is 7.47. The van der Waals surface area contributed by atoms with Crippen molar-refractivity contribution >= 4 is 23.2 Å². The predicted octanol–water partition coefficient (Wildman–Crippen LogP) is 2.39. The Labute approximate surface area is 160 Å². The van der Waals surface area contributed by atoms with Crippen LogP contribution >= 0.6 is 11.3 Å². The zero-order valence-corrected chi connectivity index (χ0v) is 16.5. The maximum Gasteiger partial charge on any atom is 0.223 e. The average Bonchev–Trinajstić information content (AvgIpc) is 3.11. The van der Waals surface area contributed by atoms with Gasteiger partial charge < -0.3 is 9.80 Å². The first-order chi connectivity index (χ1) is 12.5. The summed E-state index contributed by atoms with van der Waals surface area (Å²) in [6.45, 7) is 7.51. The normalized spacial score (nSPS) is 24.7. The zero-order valence-electron chi connectivity index (χ0n) is 15.7. The minimum absolute atomic E-state index is 0.0815. The van der Waals surface area contributed by atoms with Crippen LogP contribution < -0.4 is 0 Å². The number of piperazine rings is 1. The molecule has 1 aromatic heterocycles. The highest BCUT2D eigenvalue weighted by Gasteiger charge is 2.43. The van der Waals surface area contributed by atoms with E-state index in [1.54, 1.807) is 17.4 Å². The molecule has 0 saturated carbocycles. The smallest absolute Gasteiger partial charge is 0.223 e. The Kier molecular flexibility index (Phi) is 6.14. The van der Waals surface area contributed by atoms with Crippen LogP contribution in [0.25, 0.3) is 0 Å². The molecule has 2 amide bonds. The maximum atomic E-state index is 12.8. The van der Waals surface area contributed by atoms with Gasteiger partial charge in [0.05, 0.1) is 0 Å². The summed E-state index contributed by atoms with van der Waals surface area (Å²) in [5, 5.41) is 4.17. The van der Waals surface area contributed by atoms with Crippen molar-refractivity contribution in [3.8, 4) is 0 Å². The van der Waals surface area contributed by atoms with E-state index in [1.807, 2.05) is 9.80 Å². The fourth-order valence-electron chi connectivity index (χ4n) is 4.10. The Morgan fingerprint density at radius 3 is 2.92 bits per heavy atom. The Morgan fingerprint density at radius 1 is 1.35 bits per heavy atom. The quantitative estimate of drug-likeness (QED) is 0.743. The van der Waals surface area contributed by atoms with Crippen molar-refractivity contribution in [1.29, 1.82) is 0 Å². The summed E-state index contributed by atoms with van der Waals surface area (Å²) in [6.07, 6.45) is 5.46. The van der Waals surface area contributed by atoms with Crippen LogP contribution in [0, 0.1) is 0 Å². The van der Waals surface area contributed by atoms with Crippen LogP contribution in [-0.2, 0) is 16.0 Å². The molecule has 1 aromatic rings. The summed E-state index contributed by atoms with van der Waals surface area (Å²) in [6, 6.07) is 2.09. The minimum Gasteiger partial charge on any atom is -0.340 e. The first kappa shape index (κ1) is 19.1. The van der Waals surface area contributed by atoms with E-state index in [0.717, 1.165) is 45.4 Å². The number of likely N-dealkylation sites (tertiary alicyclic amines) is 1. The van der Waals surface area contributed by atoms with Crippen LogP contribution in [0.3, 0.4) is 0 Å². The first-order valence-electron chi connectivity index (χ1n) is 9.43. The molecule has 0 bridgehead atoms. The maximum absolute atomic E-state index is 12.8. The van der Waals surface area contributed by atoms with Gasteiger partial charge in [-0.3, -0.25) is 14.5 Å². The van der Waals surface area contributed by atoms with Crippen LogP contribution in [0.1, 0.15) is 31.2 Å². The van der Waals surface area contributed by atoms with E-state index in [-0.39, 0.29) is 17.4 Å². The highest BCUT2D eigenvalue weighted by atomic mass is 32.1. The molecule has 0 aliphatic carbocycles. The molecule has 1 atom stereocenters. The van der Waals surface area contributed by atoms with E-state index in [4.69, 9.17) is 0 Å². The number of amides is 2. The number of thiophene rings is 1. The molecular weight excluding hydrogens is 346 g/mol. The van der Waals surface area contributed by atoms with Crippen LogP contribution in [-0.4, -0.2) is 71.8 Å². The SMILES string of the molecule is C=CCN1CCC2(CCC1=O)CN(C(=O)CCc1ccsc1)CCN2C. The molecule has 1 unspecified atom stereocenters. The van der Waals surface area contributed by atoms with Crippen LogP contribution in [0.15, 0.2) is 29.5 Å². The van der Waals surface area contributed by atoms with Crippen molar-refractivity contribution in [2.45, 2.75) is 37.6 Å². The molecule has 2 aliphatic rings. The molecule has 2 aliphatic heterocycles. The van der Waals surface area contributed by atoms with E-state index in [2.05, 4.69) is 35.4 Å². The van der Waals surface area contributed by atoms with E-state index in [0.29, 0.717) is 19.4 Å². The lowest BCUT2D eigenvalue weighted by molar-refractivity contribution is -0.136. The van der Waals surface area contributed by atoms with Crippen LogP contribution in [0.4, 0.5) is 0 Å². The standard InChI is InChI=1S/C20H29N3O2S/c1-3-10-22-11-9-20(8-6-19(22)25)16-23(13-12-21(20)2)18(24)5-4-17-7-14-26-15-17/h3,7,14-15H,1,4-6,8-13,16H2,2H3. The van der Waals surface area contributed by atoms with Gasteiger partial charge in [-0.2, -0.15) is 11.3 Å². The largest absolute Gasteiger partial charge is 0.340 e.